The lowest BCUT2D eigenvalue weighted by Crippen LogP contribution is -2.48. The SMILES string of the molecule is CCCN1CCC(NC(=NCCc2cc(Cl)c3c(c2)OCCO3)NCC)CC1. The maximum atomic E-state index is 6.33. The zero-order chi connectivity index (χ0) is 19.8. The van der Waals surface area contributed by atoms with E-state index in [9.17, 15) is 0 Å². The van der Waals surface area contributed by atoms with Crippen molar-refractivity contribution in [3.63, 3.8) is 0 Å². The van der Waals surface area contributed by atoms with Gasteiger partial charge in [-0.2, -0.15) is 0 Å². The maximum Gasteiger partial charge on any atom is 0.191 e. The summed E-state index contributed by atoms with van der Waals surface area (Å²) in [7, 11) is 0. The average molecular weight is 409 g/mol. The van der Waals surface area contributed by atoms with Crippen LogP contribution in [0.1, 0.15) is 38.7 Å². The Hall–Kier alpha value is -1.66. The zero-order valence-corrected chi connectivity index (χ0v) is 17.9. The summed E-state index contributed by atoms with van der Waals surface area (Å²) in [5.74, 6) is 2.30. The standard InChI is InChI=1S/C21H33ClN4O2/c1-3-9-26-10-6-17(7-11-26)25-21(23-4-2)24-8-5-16-14-18(22)20-19(15-16)27-12-13-28-20/h14-15,17H,3-13H2,1-2H3,(H2,23,24,25). The summed E-state index contributed by atoms with van der Waals surface area (Å²) >= 11 is 6.33. The largest absolute Gasteiger partial charge is 0.486 e. The molecule has 0 unspecified atom stereocenters. The van der Waals surface area contributed by atoms with Crippen LogP contribution >= 0.6 is 11.6 Å². The normalized spacial score (nSPS) is 18.2. The van der Waals surface area contributed by atoms with Crippen molar-refractivity contribution in [2.45, 2.75) is 45.6 Å². The van der Waals surface area contributed by atoms with Crippen LogP contribution in [0.3, 0.4) is 0 Å². The fraction of sp³-hybridized carbons (Fsp3) is 0.667. The minimum atomic E-state index is 0.495. The van der Waals surface area contributed by atoms with E-state index in [0.29, 0.717) is 36.6 Å². The van der Waals surface area contributed by atoms with Gasteiger partial charge in [0.05, 0.1) is 5.02 Å². The summed E-state index contributed by atoms with van der Waals surface area (Å²) in [6, 6.07) is 4.46. The molecule has 0 atom stereocenters. The third-order valence-electron chi connectivity index (χ3n) is 5.14. The molecule has 3 rings (SSSR count). The molecule has 2 aliphatic rings. The summed E-state index contributed by atoms with van der Waals surface area (Å²) in [5.41, 5.74) is 1.11. The van der Waals surface area contributed by atoms with Gasteiger partial charge in [0.2, 0.25) is 0 Å². The first-order valence-electron chi connectivity index (χ1n) is 10.5. The molecule has 156 valence electrons. The van der Waals surface area contributed by atoms with E-state index in [1.54, 1.807) is 0 Å². The minimum absolute atomic E-state index is 0.495. The van der Waals surface area contributed by atoms with Gasteiger partial charge >= 0.3 is 0 Å². The topological polar surface area (TPSA) is 58.1 Å². The summed E-state index contributed by atoms with van der Waals surface area (Å²) in [6.07, 6.45) is 4.37. The molecule has 0 aliphatic carbocycles. The molecule has 28 heavy (non-hydrogen) atoms. The van der Waals surface area contributed by atoms with E-state index < -0.39 is 0 Å². The molecule has 1 aromatic rings. The molecule has 0 spiro atoms. The molecule has 0 bridgehead atoms. The first-order chi connectivity index (χ1) is 13.7. The van der Waals surface area contributed by atoms with E-state index in [4.69, 9.17) is 26.1 Å². The van der Waals surface area contributed by atoms with Crippen molar-refractivity contribution in [1.29, 1.82) is 0 Å². The van der Waals surface area contributed by atoms with Crippen LogP contribution < -0.4 is 20.1 Å². The molecule has 1 fully saturated rings. The second-order valence-electron chi connectivity index (χ2n) is 7.37. The number of fused-ring (bicyclic) bond motifs is 1. The predicted octanol–water partition coefficient (Wildman–Crippen LogP) is 3.08. The van der Waals surface area contributed by atoms with Crippen molar-refractivity contribution in [1.82, 2.24) is 15.5 Å². The number of nitrogens with one attached hydrogen (secondary N) is 2. The summed E-state index contributed by atoms with van der Waals surface area (Å²) in [4.78, 5) is 7.32. The molecule has 6 nitrogen and oxygen atoms in total. The van der Waals surface area contributed by atoms with Gasteiger partial charge in [-0.05, 0) is 56.8 Å². The van der Waals surface area contributed by atoms with Crippen molar-refractivity contribution >= 4 is 17.6 Å². The molecular formula is C21H33ClN4O2. The highest BCUT2D eigenvalue weighted by atomic mass is 35.5. The molecule has 7 heteroatoms. The quantitative estimate of drug-likeness (QED) is 0.536. The van der Waals surface area contributed by atoms with Gasteiger partial charge in [0.25, 0.3) is 0 Å². The van der Waals surface area contributed by atoms with E-state index in [1.165, 1.54) is 38.9 Å². The van der Waals surface area contributed by atoms with E-state index in [2.05, 4.69) is 29.4 Å². The molecule has 2 heterocycles. The first-order valence-corrected chi connectivity index (χ1v) is 10.9. The highest BCUT2D eigenvalue weighted by Gasteiger charge is 2.19. The predicted molar refractivity (Wildman–Crippen MR) is 115 cm³/mol. The Morgan fingerprint density at radius 1 is 1.21 bits per heavy atom. The summed E-state index contributed by atoms with van der Waals surface area (Å²) in [6.45, 7) is 10.6. The van der Waals surface area contributed by atoms with Crippen molar-refractivity contribution in [2.75, 3.05) is 45.9 Å². The van der Waals surface area contributed by atoms with E-state index in [1.807, 2.05) is 12.1 Å². The van der Waals surface area contributed by atoms with Crippen LogP contribution in [0.15, 0.2) is 17.1 Å². The van der Waals surface area contributed by atoms with E-state index >= 15 is 0 Å². The van der Waals surface area contributed by atoms with Gasteiger partial charge in [0.1, 0.15) is 13.2 Å². The Kier molecular flexibility index (Phi) is 8.10. The van der Waals surface area contributed by atoms with Crippen LogP contribution in [-0.4, -0.2) is 62.8 Å². The maximum absolute atomic E-state index is 6.33. The fourth-order valence-electron chi connectivity index (χ4n) is 3.74. The van der Waals surface area contributed by atoms with E-state index in [-0.39, 0.29) is 0 Å². The van der Waals surface area contributed by atoms with Crippen molar-refractivity contribution in [2.24, 2.45) is 4.99 Å². The highest BCUT2D eigenvalue weighted by molar-refractivity contribution is 6.32. The highest BCUT2D eigenvalue weighted by Crippen LogP contribution is 2.38. The van der Waals surface area contributed by atoms with Gasteiger partial charge in [0.15, 0.2) is 17.5 Å². The molecule has 0 saturated carbocycles. The molecule has 2 aliphatic heterocycles. The molecule has 2 N–H and O–H groups in total. The molecule has 0 aromatic heterocycles. The number of halogens is 1. The average Bonchev–Trinajstić information content (AvgIpc) is 2.70. The first kappa shape index (κ1) is 21.1. The number of hydrogen-bond acceptors (Lipinski definition) is 4. The number of rotatable bonds is 7. The molecule has 0 radical (unpaired) electrons. The van der Waals surface area contributed by atoms with Gasteiger partial charge in [-0.3, -0.25) is 4.99 Å². The van der Waals surface area contributed by atoms with Crippen LogP contribution in [-0.2, 0) is 6.42 Å². The number of benzene rings is 1. The smallest absolute Gasteiger partial charge is 0.191 e. The Labute approximate surface area is 173 Å². The number of likely N-dealkylation sites (tertiary alicyclic amines) is 1. The van der Waals surface area contributed by atoms with Crippen LogP contribution in [0.4, 0.5) is 0 Å². The number of nitrogens with zero attached hydrogens (tertiary/aromatic N) is 2. The van der Waals surface area contributed by atoms with Gasteiger partial charge < -0.3 is 25.0 Å². The zero-order valence-electron chi connectivity index (χ0n) is 17.1. The van der Waals surface area contributed by atoms with Crippen molar-refractivity contribution in [3.05, 3.63) is 22.7 Å². The molecule has 1 aromatic carbocycles. The van der Waals surface area contributed by atoms with Gasteiger partial charge in [-0.15, -0.1) is 0 Å². The molecular weight excluding hydrogens is 376 g/mol. The fourth-order valence-corrected chi connectivity index (χ4v) is 4.02. The lowest BCUT2D eigenvalue weighted by atomic mass is 10.1. The number of guanidine groups is 1. The third kappa shape index (κ3) is 5.92. The Bertz CT molecular complexity index is 660. The Morgan fingerprint density at radius 3 is 2.75 bits per heavy atom. The monoisotopic (exact) mass is 408 g/mol. The van der Waals surface area contributed by atoms with Gasteiger partial charge in [-0.25, -0.2) is 0 Å². The summed E-state index contributed by atoms with van der Waals surface area (Å²) < 4.78 is 11.2. The van der Waals surface area contributed by atoms with Crippen LogP contribution in [0, 0.1) is 0 Å². The number of ether oxygens (including phenoxy) is 2. The molecule has 1 saturated heterocycles. The van der Waals surface area contributed by atoms with Crippen molar-refractivity contribution in [3.8, 4) is 11.5 Å². The van der Waals surface area contributed by atoms with Gasteiger partial charge in [-0.1, -0.05) is 18.5 Å². The van der Waals surface area contributed by atoms with Crippen LogP contribution in [0.2, 0.25) is 5.02 Å². The number of aliphatic imine (C=N–C) groups is 1. The van der Waals surface area contributed by atoms with Crippen molar-refractivity contribution < 1.29 is 9.47 Å². The second kappa shape index (κ2) is 10.8. The number of hydrogen-bond donors (Lipinski definition) is 2. The minimum Gasteiger partial charge on any atom is -0.486 e. The van der Waals surface area contributed by atoms with Crippen LogP contribution in [0.5, 0.6) is 11.5 Å². The lowest BCUT2D eigenvalue weighted by Gasteiger charge is -2.32. The van der Waals surface area contributed by atoms with Gasteiger partial charge in [0, 0.05) is 32.2 Å². The lowest BCUT2D eigenvalue weighted by molar-refractivity contribution is 0.171. The van der Waals surface area contributed by atoms with Crippen LogP contribution in [0.25, 0.3) is 0 Å². The molecule has 0 amide bonds. The van der Waals surface area contributed by atoms with E-state index in [0.717, 1.165) is 30.2 Å². The third-order valence-corrected chi connectivity index (χ3v) is 5.42. The Morgan fingerprint density at radius 2 is 2.00 bits per heavy atom. The Balaban J connectivity index is 1.53. The summed E-state index contributed by atoms with van der Waals surface area (Å²) in [5, 5.41) is 7.59. The second-order valence-corrected chi connectivity index (χ2v) is 7.78. The number of piperidine rings is 1.